The Morgan fingerprint density at radius 3 is 2.35 bits per heavy atom. The van der Waals surface area contributed by atoms with Gasteiger partial charge in [-0.15, -0.1) is 0 Å². The number of methoxy groups -OCH3 is 3. The molecule has 5 heteroatoms. The normalized spacial score (nSPS) is 14.4. The van der Waals surface area contributed by atoms with Gasteiger partial charge >= 0.3 is 0 Å². The molecule has 2 aromatic rings. The Morgan fingerprint density at radius 2 is 1.65 bits per heavy atom. The van der Waals surface area contributed by atoms with Gasteiger partial charge in [-0.25, -0.2) is 0 Å². The Balaban J connectivity index is 2.15. The summed E-state index contributed by atoms with van der Waals surface area (Å²) in [7, 11) is 4.67. The van der Waals surface area contributed by atoms with E-state index in [-0.39, 0.29) is 5.91 Å². The Bertz CT molecular complexity index is 796. The van der Waals surface area contributed by atoms with Crippen LogP contribution >= 0.6 is 0 Å². The number of hydrogen-bond acceptors (Lipinski definition) is 4. The fourth-order valence-corrected chi connectivity index (χ4v) is 2.68. The lowest BCUT2D eigenvalue weighted by Gasteiger charge is -2.14. The Morgan fingerprint density at radius 1 is 0.913 bits per heavy atom. The molecule has 1 N–H and O–H groups in total. The third kappa shape index (κ3) is 2.50. The van der Waals surface area contributed by atoms with E-state index in [9.17, 15) is 4.79 Å². The average Bonchev–Trinajstić information content (AvgIpc) is 2.90. The standard InChI is InChI=1S/C18H17NO4/c1-21-15-9-8-11(16(22-2)17(15)23-3)10-13-12-6-4-5-7-14(12)19-18(13)20/h4-10H,1-3H3,(H,19,20)/b13-10-. The summed E-state index contributed by atoms with van der Waals surface area (Å²) in [5.41, 5.74) is 3.01. The lowest BCUT2D eigenvalue weighted by Crippen LogP contribution is -2.04. The highest BCUT2D eigenvalue weighted by atomic mass is 16.5. The van der Waals surface area contributed by atoms with E-state index in [0.717, 1.165) is 16.8 Å². The van der Waals surface area contributed by atoms with Gasteiger partial charge in [0.15, 0.2) is 11.5 Å². The largest absolute Gasteiger partial charge is 0.493 e. The van der Waals surface area contributed by atoms with Crippen molar-refractivity contribution in [3.63, 3.8) is 0 Å². The minimum atomic E-state index is -0.136. The molecule has 0 aromatic heterocycles. The van der Waals surface area contributed by atoms with Gasteiger partial charge < -0.3 is 19.5 Å². The lowest BCUT2D eigenvalue weighted by molar-refractivity contribution is -0.110. The monoisotopic (exact) mass is 311 g/mol. The van der Waals surface area contributed by atoms with Crippen molar-refractivity contribution in [2.75, 3.05) is 26.6 Å². The quantitative estimate of drug-likeness (QED) is 0.881. The number of carbonyl (C=O) groups excluding carboxylic acids is 1. The van der Waals surface area contributed by atoms with E-state index in [4.69, 9.17) is 14.2 Å². The molecule has 5 nitrogen and oxygen atoms in total. The summed E-state index contributed by atoms with van der Waals surface area (Å²) in [4.78, 5) is 12.2. The number of anilines is 1. The van der Waals surface area contributed by atoms with Crippen molar-refractivity contribution in [3.8, 4) is 17.2 Å². The van der Waals surface area contributed by atoms with Crippen LogP contribution in [-0.2, 0) is 4.79 Å². The van der Waals surface area contributed by atoms with Crippen molar-refractivity contribution in [3.05, 3.63) is 47.5 Å². The first-order chi connectivity index (χ1) is 11.2. The highest BCUT2D eigenvalue weighted by Gasteiger charge is 2.24. The second kappa shape index (κ2) is 6.04. The second-order valence-corrected chi connectivity index (χ2v) is 4.98. The molecule has 0 fully saturated rings. The third-order valence-electron chi connectivity index (χ3n) is 3.74. The fourth-order valence-electron chi connectivity index (χ4n) is 2.68. The number of nitrogens with one attached hydrogen (secondary N) is 1. The molecule has 3 rings (SSSR count). The molecule has 1 heterocycles. The van der Waals surface area contributed by atoms with Crippen molar-refractivity contribution in [2.24, 2.45) is 0 Å². The number of carbonyl (C=O) groups is 1. The molecule has 1 amide bonds. The number of para-hydroxylation sites is 1. The van der Waals surface area contributed by atoms with Crippen LogP contribution < -0.4 is 19.5 Å². The first kappa shape index (κ1) is 15.0. The Kier molecular flexibility index (Phi) is 3.93. The third-order valence-corrected chi connectivity index (χ3v) is 3.74. The van der Waals surface area contributed by atoms with Crippen LogP contribution in [0.25, 0.3) is 11.6 Å². The van der Waals surface area contributed by atoms with E-state index in [2.05, 4.69) is 5.32 Å². The van der Waals surface area contributed by atoms with E-state index in [1.54, 1.807) is 33.5 Å². The molecule has 0 aliphatic carbocycles. The van der Waals surface area contributed by atoms with Crippen molar-refractivity contribution in [1.29, 1.82) is 0 Å². The molecule has 0 unspecified atom stereocenters. The number of hydrogen-bond donors (Lipinski definition) is 1. The van der Waals surface area contributed by atoms with Crippen LogP contribution in [0.3, 0.4) is 0 Å². The molecule has 0 saturated carbocycles. The Labute approximate surface area is 134 Å². The molecular formula is C18H17NO4. The number of fused-ring (bicyclic) bond motifs is 1. The van der Waals surface area contributed by atoms with Crippen LogP contribution in [0, 0.1) is 0 Å². The van der Waals surface area contributed by atoms with E-state index in [0.29, 0.717) is 22.8 Å². The van der Waals surface area contributed by atoms with Gasteiger partial charge in [-0.3, -0.25) is 4.79 Å². The van der Waals surface area contributed by atoms with Gasteiger partial charge in [0.2, 0.25) is 5.75 Å². The van der Waals surface area contributed by atoms with Gasteiger partial charge in [0.05, 0.1) is 21.3 Å². The molecule has 0 saturated heterocycles. The maximum absolute atomic E-state index is 12.2. The van der Waals surface area contributed by atoms with Gasteiger partial charge in [0.25, 0.3) is 5.91 Å². The van der Waals surface area contributed by atoms with E-state index in [1.807, 2.05) is 30.3 Å². The van der Waals surface area contributed by atoms with Gasteiger partial charge in [0, 0.05) is 22.4 Å². The minimum absolute atomic E-state index is 0.136. The summed E-state index contributed by atoms with van der Waals surface area (Å²) in [5.74, 6) is 1.46. The number of benzene rings is 2. The predicted octanol–water partition coefficient (Wildman–Crippen LogP) is 3.21. The summed E-state index contributed by atoms with van der Waals surface area (Å²) >= 11 is 0. The lowest BCUT2D eigenvalue weighted by atomic mass is 10.0. The van der Waals surface area contributed by atoms with Gasteiger partial charge in [-0.05, 0) is 24.3 Å². The molecule has 0 radical (unpaired) electrons. The Hall–Kier alpha value is -2.95. The molecule has 1 aliphatic heterocycles. The molecule has 0 spiro atoms. The molecule has 1 aliphatic rings. The van der Waals surface area contributed by atoms with Crippen LogP contribution in [-0.4, -0.2) is 27.2 Å². The predicted molar refractivity (Wildman–Crippen MR) is 89.0 cm³/mol. The number of rotatable bonds is 4. The molecule has 23 heavy (non-hydrogen) atoms. The van der Waals surface area contributed by atoms with Crippen LogP contribution in [0.15, 0.2) is 36.4 Å². The summed E-state index contributed by atoms with van der Waals surface area (Å²) in [6, 6.07) is 11.2. The molecule has 0 bridgehead atoms. The smallest absolute Gasteiger partial charge is 0.256 e. The highest BCUT2D eigenvalue weighted by molar-refractivity contribution is 6.35. The highest BCUT2D eigenvalue weighted by Crippen LogP contribution is 2.42. The zero-order chi connectivity index (χ0) is 16.4. The minimum Gasteiger partial charge on any atom is -0.493 e. The molecule has 2 aromatic carbocycles. The van der Waals surface area contributed by atoms with Crippen LogP contribution in [0.2, 0.25) is 0 Å². The number of amides is 1. The van der Waals surface area contributed by atoms with Crippen molar-refractivity contribution >= 4 is 23.2 Å². The van der Waals surface area contributed by atoms with Crippen LogP contribution in [0.4, 0.5) is 5.69 Å². The van der Waals surface area contributed by atoms with Crippen molar-refractivity contribution in [2.45, 2.75) is 0 Å². The fraction of sp³-hybridized carbons (Fsp3) is 0.167. The van der Waals surface area contributed by atoms with Gasteiger partial charge in [-0.1, -0.05) is 18.2 Å². The van der Waals surface area contributed by atoms with Gasteiger partial charge in [-0.2, -0.15) is 0 Å². The van der Waals surface area contributed by atoms with Crippen molar-refractivity contribution < 1.29 is 19.0 Å². The first-order valence-electron chi connectivity index (χ1n) is 7.11. The molecular weight excluding hydrogens is 294 g/mol. The maximum Gasteiger partial charge on any atom is 0.256 e. The summed E-state index contributed by atoms with van der Waals surface area (Å²) in [6.45, 7) is 0. The maximum atomic E-state index is 12.2. The SMILES string of the molecule is COc1ccc(/C=C2\C(=O)Nc3ccccc32)c(OC)c1OC. The number of ether oxygens (including phenoxy) is 3. The van der Waals surface area contributed by atoms with Gasteiger partial charge in [0.1, 0.15) is 0 Å². The summed E-state index contributed by atoms with van der Waals surface area (Å²) < 4.78 is 16.1. The first-order valence-corrected chi connectivity index (χ1v) is 7.11. The molecule has 0 atom stereocenters. The summed E-state index contributed by atoms with van der Waals surface area (Å²) in [6.07, 6.45) is 1.79. The zero-order valence-electron chi connectivity index (χ0n) is 13.2. The van der Waals surface area contributed by atoms with E-state index < -0.39 is 0 Å². The van der Waals surface area contributed by atoms with E-state index >= 15 is 0 Å². The zero-order valence-corrected chi connectivity index (χ0v) is 13.2. The second-order valence-electron chi connectivity index (χ2n) is 4.98. The van der Waals surface area contributed by atoms with Crippen LogP contribution in [0.1, 0.15) is 11.1 Å². The summed E-state index contributed by atoms with van der Waals surface area (Å²) in [5, 5.41) is 2.85. The average molecular weight is 311 g/mol. The molecule has 118 valence electrons. The van der Waals surface area contributed by atoms with Crippen molar-refractivity contribution in [1.82, 2.24) is 0 Å². The van der Waals surface area contributed by atoms with E-state index in [1.165, 1.54) is 0 Å². The topological polar surface area (TPSA) is 56.8 Å². The van der Waals surface area contributed by atoms with Crippen LogP contribution in [0.5, 0.6) is 17.2 Å².